The maximum absolute atomic E-state index is 12.2. The molecule has 0 spiro atoms. The number of sulfone groups is 2. The first kappa shape index (κ1) is 15.9. The van der Waals surface area contributed by atoms with Crippen LogP contribution in [0.1, 0.15) is 26.2 Å². The average molecular weight is 297 g/mol. The van der Waals surface area contributed by atoms with Gasteiger partial charge in [0.25, 0.3) is 0 Å². The summed E-state index contributed by atoms with van der Waals surface area (Å²) in [6.07, 6.45) is 3.49. The van der Waals surface area contributed by atoms with Crippen LogP contribution in [0.15, 0.2) is 0 Å². The first-order valence-electron chi connectivity index (χ1n) is 6.25. The Labute approximate surface area is 110 Å². The predicted molar refractivity (Wildman–Crippen MR) is 72.8 cm³/mol. The van der Waals surface area contributed by atoms with Gasteiger partial charge in [-0.05, 0) is 31.2 Å². The molecule has 108 valence electrons. The molecule has 7 heteroatoms. The van der Waals surface area contributed by atoms with Crippen LogP contribution in [-0.4, -0.2) is 46.4 Å². The van der Waals surface area contributed by atoms with E-state index in [1.807, 2.05) is 6.92 Å². The van der Waals surface area contributed by atoms with Crippen molar-refractivity contribution in [1.82, 2.24) is 0 Å². The Morgan fingerprint density at radius 2 is 1.72 bits per heavy atom. The van der Waals surface area contributed by atoms with Gasteiger partial charge in [0.15, 0.2) is 9.84 Å². The summed E-state index contributed by atoms with van der Waals surface area (Å²) in [6.45, 7) is 2.39. The monoisotopic (exact) mass is 297 g/mol. The Hall–Kier alpha value is -0.140. The average Bonchev–Trinajstić information content (AvgIpc) is 2.26. The topological polar surface area (TPSA) is 94.3 Å². The van der Waals surface area contributed by atoms with Gasteiger partial charge < -0.3 is 5.73 Å². The van der Waals surface area contributed by atoms with Crippen molar-refractivity contribution in [2.75, 3.05) is 24.3 Å². The highest BCUT2D eigenvalue weighted by molar-refractivity contribution is 7.95. The van der Waals surface area contributed by atoms with Crippen molar-refractivity contribution >= 4 is 19.7 Å². The number of rotatable bonds is 5. The molecule has 0 aromatic rings. The lowest BCUT2D eigenvalue weighted by Crippen LogP contribution is -2.41. The first-order valence-corrected chi connectivity index (χ1v) is 10.0. The molecule has 0 radical (unpaired) electrons. The zero-order valence-electron chi connectivity index (χ0n) is 11.0. The van der Waals surface area contributed by atoms with E-state index in [-0.39, 0.29) is 17.4 Å². The van der Waals surface area contributed by atoms with Gasteiger partial charge in [-0.25, -0.2) is 16.8 Å². The minimum absolute atomic E-state index is 0.0224. The van der Waals surface area contributed by atoms with Gasteiger partial charge >= 0.3 is 0 Å². The Balaban J connectivity index is 2.81. The minimum atomic E-state index is -3.37. The zero-order chi connectivity index (χ0) is 14.0. The fourth-order valence-corrected chi connectivity index (χ4v) is 6.42. The second-order valence-corrected chi connectivity index (χ2v) is 10.0. The van der Waals surface area contributed by atoms with Crippen LogP contribution in [0.25, 0.3) is 0 Å². The molecule has 5 nitrogen and oxygen atoms in total. The molecular formula is C11H23NO4S2. The van der Waals surface area contributed by atoms with Crippen molar-refractivity contribution in [3.8, 4) is 0 Å². The van der Waals surface area contributed by atoms with Crippen LogP contribution >= 0.6 is 0 Å². The fraction of sp³-hybridized carbons (Fsp3) is 1.00. The van der Waals surface area contributed by atoms with Gasteiger partial charge in [-0.2, -0.15) is 0 Å². The smallest absolute Gasteiger partial charge is 0.154 e. The summed E-state index contributed by atoms with van der Waals surface area (Å²) < 4.78 is 46.6. The molecule has 18 heavy (non-hydrogen) atoms. The van der Waals surface area contributed by atoms with E-state index in [1.54, 1.807) is 0 Å². The van der Waals surface area contributed by atoms with Crippen molar-refractivity contribution in [3.05, 3.63) is 0 Å². The molecule has 3 atom stereocenters. The van der Waals surface area contributed by atoms with Crippen molar-refractivity contribution in [1.29, 1.82) is 0 Å². The lowest BCUT2D eigenvalue weighted by Gasteiger charge is -2.33. The normalized spacial score (nSPS) is 30.3. The summed E-state index contributed by atoms with van der Waals surface area (Å²) in [5.74, 6) is -0.228. The summed E-state index contributed by atoms with van der Waals surface area (Å²) in [4.78, 5) is 0. The van der Waals surface area contributed by atoms with E-state index in [1.165, 1.54) is 0 Å². The van der Waals surface area contributed by atoms with Gasteiger partial charge in [-0.15, -0.1) is 0 Å². The first-order chi connectivity index (χ1) is 8.15. The van der Waals surface area contributed by atoms with Crippen LogP contribution < -0.4 is 5.73 Å². The van der Waals surface area contributed by atoms with E-state index < -0.39 is 24.9 Å². The van der Waals surface area contributed by atoms with Crippen molar-refractivity contribution < 1.29 is 16.8 Å². The maximum Gasteiger partial charge on any atom is 0.154 e. The molecule has 0 amide bonds. The Morgan fingerprint density at radius 1 is 1.11 bits per heavy atom. The molecule has 1 aliphatic rings. The third-order valence-electron chi connectivity index (χ3n) is 3.69. The highest BCUT2D eigenvalue weighted by atomic mass is 32.2. The third-order valence-corrected chi connectivity index (χ3v) is 7.17. The molecule has 3 unspecified atom stereocenters. The van der Waals surface area contributed by atoms with E-state index in [4.69, 9.17) is 5.73 Å². The molecule has 0 bridgehead atoms. The summed E-state index contributed by atoms with van der Waals surface area (Å²) in [6, 6.07) is 0. The Kier molecular flexibility index (Phi) is 5.20. The number of nitrogens with two attached hydrogens (primary N) is 1. The fourth-order valence-electron chi connectivity index (χ4n) is 2.52. The van der Waals surface area contributed by atoms with Crippen LogP contribution in [0.3, 0.4) is 0 Å². The molecule has 1 saturated carbocycles. The van der Waals surface area contributed by atoms with Gasteiger partial charge in [0, 0.05) is 6.26 Å². The molecule has 0 aliphatic heterocycles. The zero-order valence-corrected chi connectivity index (χ0v) is 12.6. The molecule has 2 N–H and O–H groups in total. The van der Waals surface area contributed by atoms with Gasteiger partial charge in [0.2, 0.25) is 0 Å². The van der Waals surface area contributed by atoms with E-state index in [0.29, 0.717) is 18.9 Å². The Morgan fingerprint density at radius 3 is 2.22 bits per heavy atom. The minimum Gasteiger partial charge on any atom is -0.330 e. The molecule has 0 heterocycles. The second kappa shape index (κ2) is 5.88. The van der Waals surface area contributed by atoms with Gasteiger partial charge in [-0.3, -0.25) is 0 Å². The van der Waals surface area contributed by atoms with Crippen LogP contribution in [0.5, 0.6) is 0 Å². The maximum atomic E-state index is 12.2. The van der Waals surface area contributed by atoms with Crippen molar-refractivity contribution in [2.24, 2.45) is 17.6 Å². The van der Waals surface area contributed by atoms with Crippen LogP contribution in [-0.2, 0) is 19.7 Å². The van der Waals surface area contributed by atoms with Gasteiger partial charge in [0.1, 0.15) is 9.84 Å². The highest BCUT2D eigenvalue weighted by Crippen LogP contribution is 2.33. The van der Waals surface area contributed by atoms with Gasteiger partial charge in [0.05, 0.1) is 16.8 Å². The number of hydrogen-bond acceptors (Lipinski definition) is 5. The molecular weight excluding hydrogens is 274 g/mol. The largest absolute Gasteiger partial charge is 0.330 e. The molecule has 0 aromatic heterocycles. The van der Waals surface area contributed by atoms with Crippen LogP contribution in [0, 0.1) is 11.8 Å². The van der Waals surface area contributed by atoms with E-state index in [2.05, 4.69) is 0 Å². The third kappa shape index (κ3) is 4.51. The lowest BCUT2D eigenvalue weighted by atomic mass is 9.82. The SMILES string of the molecule is CC1CCC(CN)C(S(=O)(=O)CCS(C)(=O)=O)C1. The van der Waals surface area contributed by atoms with Crippen molar-refractivity contribution in [3.63, 3.8) is 0 Å². The summed E-state index contributed by atoms with van der Waals surface area (Å²) in [7, 11) is -6.61. The second-order valence-electron chi connectivity index (χ2n) is 5.45. The lowest BCUT2D eigenvalue weighted by molar-refractivity contribution is 0.296. The predicted octanol–water partition coefficient (Wildman–Crippen LogP) is 0.209. The summed E-state index contributed by atoms with van der Waals surface area (Å²) in [5.41, 5.74) is 5.64. The van der Waals surface area contributed by atoms with Crippen LogP contribution in [0.2, 0.25) is 0 Å². The molecule has 1 rings (SSSR count). The quantitative estimate of drug-likeness (QED) is 0.783. The highest BCUT2D eigenvalue weighted by Gasteiger charge is 2.37. The molecule has 0 saturated heterocycles. The summed E-state index contributed by atoms with van der Waals surface area (Å²) in [5, 5.41) is -0.465. The Bertz CT molecular complexity index is 469. The van der Waals surface area contributed by atoms with E-state index in [9.17, 15) is 16.8 Å². The van der Waals surface area contributed by atoms with Gasteiger partial charge in [-0.1, -0.05) is 13.3 Å². The van der Waals surface area contributed by atoms with E-state index >= 15 is 0 Å². The number of hydrogen-bond donors (Lipinski definition) is 1. The summed E-state index contributed by atoms with van der Waals surface area (Å²) >= 11 is 0. The van der Waals surface area contributed by atoms with E-state index in [0.717, 1.165) is 19.1 Å². The van der Waals surface area contributed by atoms with Crippen molar-refractivity contribution in [2.45, 2.75) is 31.4 Å². The standard InChI is InChI=1S/C11H23NO4S2/c1-9-3-4-10(8-12)11(7-9)18(15,16)6-5-17(2,13)14/h9-11H,3-8,12H2,1-2H3. The van der Waals surface area contributed by atoms with Crippen LogP contribution in [0.4, 0.5) is 0 Å². The molecule has 1 aliphatic carbocycles. The molecule has 1 fully saturated rings. The molecule has 0 aromatic carbocycles.